The van der Waals surface area contributed by atoms with E-state index in [4.69, 9.17) is 4.42 Å². The Bertz CT molecular complexity index is 1110. The zero-order chi connectivity index (χ0) is 24.1. The van der Waals surface area contributed by atoms with Gasteiger partial charge in [-0.2, -0.15) is 18.3 Å². The minimum absolute atomic E-state index is 0.0163. The third kappa shape index (κ3) is 4.16. The number of amides is 1. The number of aromatic nitrogens is 2. The number of carbonyl (C=O) groups is 3. The number of carboxylic acid groups (broad SMARTS) is 1. The van der Waals surface area contributed by atoms with E-state index in [9.17, 15) is 32.7 Å². The fourth-order valence-corrected chi connectivity index (χ4v) is 4.68. The normalized spacial score (nSPS) is 18.7. The molecule has 2 aliphatic rings. The third-order valence-electron chi connectivity index (χ3n) is 6.41. The molecule has 8 nitrogen and oxygen atoms in total. The molecule has 11 heteroatoms. The Hall–Kier alpha value is -3.11. The number of carboxylic acids is 1. The Balaban J connectivity index is 1.58. The van der Waals surface area contributed by atoms with Gasteiger partial charge < -0.3 is 14.4 Å². The highest BCUT2D eigenvalue weighted by Gasteiger charge is 2.46. The Morgan fingerprint density at radius 3 is 2.48 bits per heavy atom. The molecule has 2 aromatic heterocycles. The maximum absolute atomic E-state index is 13.8. The van der Waals surface area contributed by atoms with Crippen LogP contribution in [-0.2, 0) is 28.7 Å². The van der Waals surface area contributed by atoms with Crippen molar-refractivity contribution in [2.24, 2.45) is 5.92 Å². The van der Waals surface area contributed by atoms with Crippen LogP contribution in [0, 0.1) is 5.92 Å². The van der Waals surface area contributed by atoms with Gasteiger partial charge in [-0.3, -0.25) is 14.3 Å². The summed E-state index contributed by atoms with van der Waals surface area (Å²) in [4.78, 5) is 36.7. The molecule has 3 heterocycles. The van der Waals surface area contributed by atoms with Crippen LogP contribution >= 0.6 is 0 Å². The minimum atomic E-state index is -4.90. The van der Waals surface area contributed by atoms with E-state index in [2.05, 4.69) is 5.10 Å². The Labute approximate surface area is 187 Å². The topological polar surface area (TPSA) is 106 Å². The molecule has 4 rings (SSSR count). The number of furan rings is 1. The Kier molecular flexibility index (Phi) is 5.83. The Morgan fingerprint density at radius 1 is 1.24 bits per heavy atom. The molecule has 1 N–H and O–H groups in total. The van der Waals surface area contributed by atoms with E-state index in [-0.39, 0.29) is 41.7 Å². The molecule has 0 bridgehead atoms. The SMILES string of the molecule is CCC(=O)C(=O)N1CCC(Cn2cc3c(n2)-c2c(oc(C(=O)O)c2C(F)(F)F)CC3C)CC1. The molecule has 1 fully saturated rings. The van der Waals surface area contributed by atoms with Gasteiger partial charge in [-0.15, -0.1) is 0 Å². The summed E-state index contributed by atoms with van der Waals surface area (Å²) in [6.45, 7) is 4.81. The van der Waals surface area contributed by atoms with Gasteiger partial charge in [0.15, 0.2) is 0 Å². The standard InChI is InChI=1S/C22H24F3N3O5/c1-3-14(29)20(30)27-6-4-12(5-7-27)9-28-10-13-11(2)8-15-16(18(13)26-28)17(22(23,24)25)19(33-15)21(31)32/h10-12H,3-9H2,1-2H3,(H,31,32). The van der Waals surface area contributed by atoms with Gasteiger partial charge in [0.1, 0.15) is 11.3 Å². The molecule has 2 aromatic rings. The number of halogens is 3. The van der Waals surface area contributed by atoms with Crippen molar-refractivity contribution in [1.29, 1.82) is 0 Å². The zero-order valence-electron chi connectivity index (χ0n) is 18.2. The first-order valence-electron chi connectivity index (χ1n) is 10.9. The molecule has 0 spiro atoms. The molecule has 178 valence electrons. The highest BCUT2D eigenvalue weighted by atomic mass is 19.4. The number of fused-ring (bicyclic) bond motifs is 3. The van der Waals surface area contributed by atoms with Crippen LogP contribution in [0.15, 0.2) is 10.6 Å². The number of ketones is 1. The first kappa shape index (κ1) is 23.1. The van der Waals surface area contributed by atoms with Gasteiger partial charge in [0.25, 0.3) is 5.91 Å². The van der Waals surface area contributed by atoms with E-state index in [1.807, 2.05) is 6.92 Å². The molecule has 1 amide bonds. The van der Waals surface area contributed by atoms with Gasteiger partial charge in [-0.1, -0.05) is 13.8 Å². The summed E-state index contributed by atoms with van der Waals surface area (Å²) in [5.41, 5.74) is -0.860. The summed E-state index contributed by atoms with van der Waals surface area (Å²) < 4.78 is 48.1. The van der Waals surface area contributed by atoms with Crippen molar-refractivity contribution in [3.63, 3.8) is 0 Å². The van der Waals surface area contributed by atoms with Crippen molar-refractivity contribution in [2.75, 3.05) is 13.1 Å². The van der Waals surface area contributed by atoms with Crippen molar-refractivity contribution in [3.8, 4) is 11.3 Å². The van der Waals surface area contributed by atoms with Crippen LogP contribution in [0.1, 0.15) is 66.5 Å². The summed E-state index contributed by atoms with van der Waals surface area (Å²) in [5.74, 6) is -3.83. The van der Waals surface area contributed by atoms with Gasteiger partial charge in [-0.05, 0) is 24.7 Å². The second kappa shape index (κ2) is 8.35. The van der Waals surface area contributed by atoms with Crippen LogP contribution < -0.4 is 0 Å². The van der Waals surface area contributed by atoms with E-state index in [0.29, 0.717) is 38.0 Å². The molecule has 1 atom stereocenters. The van der Waals surface area contributed by atoms with E-state index in [1.54, 1.807) is 22.7 Å². The summed E-state index contributed by atoms with van der Waals surface area (Å²) in [6.07, 6.45) is -1.57. The molecule has 1 saturated heterocycles. The molecule has 33 heavy (non-hydrogen) atoms. The molecule has 0 saturated carbocycles. The number of hydrogen-bond donors (Lipinski definition) is 1. The number of likely N-dealkylation sites (tertiary alicyclic amines) is 1. The van der Waals surface area contributed by atoms with Gasteiger partial charge in [0.05, 0.1) is 11.3 Å². The van der Waals surface area contributed by atoms with Crippen LogP contribution in [0.5, 0.6) is 0 Å². The number of nitrogens with zero attached hydrogens (tertiary/aromatic N) is 3. The number of hydrogen-bond acceptors (Lipinski definition) is 5. The average molecular weight is 467 g/mol. The quantitative estimate of drug-likeness (QED) is 0.672. The molecule has 1 aliphatic carbocycles. The number of aromatic carboxylic acids is 1. The lowest BCUT2D eigenvalue weighted by molar-refractivity contribution is -0.145. The molecular weight excluding hydrogens is 443 g/mol. The maximum atomic E-state index is 13.8. The van der Waals surface area contributed by atoms with E-state index < -0.39 is 35.2 Å². The summed E-state index contributed by atoms with van der Waals surface area (Å²) in [6, 6.07) is 0. The summed E-state index contributed by atoms with van der Waals surface area (Å²) >= 11 is 0. The van der Waals surface area contributed by atoms with Crippen molar-refractivity contribution in [1.82, 2.24) is 14.7 Å². The monoisotopic (exact) mass is 467 g/mol. The highest BCUT2D eigenvalue weighted by Crippen LogP contribution is 2.48. The lowest BCUT2D eigenvalue weighted by Gasteiger charge is -2.31. The Morgan fingerprint density at radius 2 is 1.91 bits per heavy atom. The molecule has 1 unspecified atom stereocenters. The maximum Gasteiger partial charge on any atom is 0.421 e. The molecule has 1 aliphatic heterocycles. The number of alkyl halides is 3. The lowest BCUT2D eigenvalue weighted by Crippen LogP contribution is -2.42. The lowest BCUT2D eigenvalue weighted by atomic mass is 9.86. The number of carbonyl (C=O) groups excluding carboxylic acids is 2. The third-order valence-corrected chi connectivity index (χ3v) is 6.41. The van der Waals surface area contributed by atoms with Crippen molar-refractivity contribution >= 4 is 17.7 Å². The first-order valence-corrected chi connectivity index (χ1v) is 10.9. The minimum Gasteiger partial charge on any atom is -0.475 e. The van der Waals surface area contributed by atoms with Crippen molar-refractivity contribution < 1.29 is 37.1 Å². The van der Waals surface area contributed by atoms with E-state index >= 15 is 0 Å². The number of Topliss-reactive ketones (excluding diaryl/α,β-unsaturated/α-hetero) is 1. The van der Waals surface area contributed by atoms with Crippen LogP contribution in [0.25, 0.3) is 11.3 Å². The van der Waals surface area contributed by atoms with Gasteiger partial charge in [0, 0.05) is 44.2 Å². The largest absolute Gasteiger partial charge is 0.475 e. The fourth-order valence-electron chi connectivity index (χ4n) is 4.68. The molecule has 0 aromatic carbocycles. The van der Waals surface area contributed by atoms with Crippen LogP contribution in [0.3, 0.4) is 0 Å². The predicted octanol–water partition coefficient (Wildman–Crippen LogP) is 3.74. The zero-order valence-corrected chi connectivity index (χ0v) is 18.2. The van der Waals surface area contributed by atoms with Crippen LogP contribution in [0.4, 0.5) is 13.2 Å². The highest BCUT2D eigenvalue weighted by molar-refractivity contribution is 6.35. The van der Waals surface area contributed by atoms with E-state index in [0.717, 1.165) is 0 Å². The van der Waals surface area contributed by atoms with Crippen molar-refractivity contribution in [3.05, 3.63) is 28.8 Å². The van der Waals surface area contributed by atoms with Crippen LogP contribution in [0.2, 0.25) is 0 Å². The fraction of sp³-hybridized carbons (Fsp3) is 0.545. The summed E-state index contributed by atoms with van der Waals surface area (Å²) in [7, 11) is 0. The predicted molar refractivity (Wildman–Crippen MR) is 109 cm³/mol. The van der Waals surface area contributed by atoms with Gasteiger partial charge in [-0.25, -0.2) is 4.79 Å². The molecular formula is C22H24F3N3O5. The van der Waals surface area contributed by atoms with Crippen LogP contribution in [-0.4, -0.2) is 50.5 Å². The average Bonchev–Trinajstić information content (AvgIpc) is 3.35. The number of rotatable bonds is 5. The second-order valence-electron chi connectivity index (χ2n) is 8.68. The van der Waals surface area contributed by atoms with E-state index in [1.165, 1.54) is 0 Å². The first-order chi connectivity index (χ1) is 15.5. The van der Waals surface area contributed by atoms with Gasteiger partial charge in [0.2, 0.25) is 11.5 Å². The molecule has 0 radical (unpaired) electrons. The second-order valence-corrected chi connectivity index (χ2v) is 8.68. The smallest absolute Gasteiger partial charge is 0.421 e. The van der Waals surface area contributed by atoms with Crippen molar-refractivity contribution in [2.45, 2.75) is 58.2 Å². The number of piperidine rings is 1. The summed E-state index contributed by atoms with van der Waals surface area (Å²) in [5, 5.41) is 13.7. The van der Waals surface area contributed by atoms with Gasteiger partial charge >= 0.3 is 12.1 Å².